The first kappa shape index (κ1) is 13.6. The van der Waals surface area contributed by atoms with Crippen LogP contribution in [0.1, 0.15) is 28.7 Å². The molecule has 1 aromatic carbocycles. The van der Waals surface area contributed by atoms with E-state index in [-0.39, 0.29) is 23.7 Å². The SMILES string of the molecule is CCOC(=O)c1c(N)c(C#N)nn1-c1ccc(C)cc1. The highest BCUT2D eigenvalue weighted by atomic mass is 16.5. The minimum Gasteiger partial charge on any atom is -0.461 e. The van der Waals surface area contributed by atoms with E-state index >= 15 is 0 Å². The number of nitrogens with zero attached hydrogens (tertiary/aromatic N) is 3. The van der Waals surface area contributed by atoms with Gasteiger partial charge in [-0.2, -0.15) is 10.4 Å². The number of nitriles is 1. The van der Waals surface area contributed by atoms with E-state index < -0.39 is 5.97 Å². The van der Waals surface area contributed by atoms with Crippen molar-refractivity contribution in [3.8, 4) is 11.8 Å². The molecule has 20 heavy (non-hydrogen) atoms. The minimum atomic E-state index is -0.598. The number of carbonyl (C=O) groups excluding carboxylic acids is 1. The number of ether oxygens (including phenoxy) is 1. The Bertz CT molecular complexity index is 680. The van der Waals surface area contributed by atoms with Gasteiger partial charge >= 0.3 is 5.97 Å². The van der Waals surface area contributed by atoms with E-state index in [1.807, 2.05) is 25.1 Å². The van der Waals surface area contributed by atoms with Crippen LogP contribution in [0.4, 0.5) is 5.69 Å². The molecule has 0 saturated heterocycles. The molecule has 2 aromatic rings. The number of aryl methyl sites for hydroxylation is 1. The van der Waals surface area contributed by atoms with Gasteiger partial charge in [-0.3, -0.25) is 0 Å². The topological polar surface area (TPSA) is 93.9 Å². The Kier molecular flexibility index (Phi) is 3.71. The van der Waals surface area contributed by atoms with Gasteiger partial charge in [0.05, 0.1) is 12.3 Å². The van der Waals surface area contributed by atoms with Gasteiger partial charge in [0.15, 0.2) is 11.4 Å². The second-order valence-corrected chi connectivity index (χ2v) is 4.19. The van der Waals surface area contributed by atoms with Crippen molar-refractivity contribution < 1.29 is 9.53 Å². The quantitative estimate of drug-likeness (QED) is 0.858. The molecule has 6 heteroatoms. The van der Waals surface area contributed by atoms with Gasteiger partial charge in [-0.05, 0) is 26.0 Å². The van der Waals surface area contributed by atoms with E-state index in [0.717, 1.165) is 5.56 Å². The summed E-state index contributed by atoms with van der Waals surface area (Å²) in [6.45, 7) is 3.87. The lowest BCUT2D eigenvalue weighted by Gasteiger charge is -2.07. The molecule has 102 valence electrons. The van der Waals surface area contributed by atoms with Gasteiger partial charge in [0.1, 0.15) is 11.8 Å². The van der Waals surface area contributed by atoms with Crippen LogP contribution in [0.3, 0.4) is 0 Å². The average molecular weight is 270 g/mol. The molecular formula is C14H14N4O2. The molecule has 0 spiro atoms. The van der Waals surface area contributed by atoms with Crippen molar-refractivity contribution in [3.05, 3.63) is 41.2 Å². The molecule has 2 rings (SSSR count). The van der Waals surface area contributed by atoms with Crippen molar-refractivity contribution >= 4 is 11.7 Å². The van der Waals surface area contributed by atoms with Crippen LogP contribution in [0.5, 0.6) is 0 Å². The second-order valence-electron chi connectivity index (χ2n) is 4.19. The standard InChI is InChI=1S/C14H14N4O2/c1-3-20-14(19)13-12(16)11(8-15)17-18(13)10-6-4-9(2)5-7-10/h4-7H,3,16H2,1-2H3. The lowest BCUT2D eigenvalue weighted by molar-refractivity contribution is 0.0517. The monoisotopic (exact) mass is 270 g/mol. The summed E-state index contributed by atoms with van der Waals surface area (Å²) in [5.74, 6) is -0.598. The third-order valence-corrected chi connectivity index (χ3v) is 2.78. The molecule has 0 saturated carbocycles. The summed E-state index contributed by atoms with van der Waals surface area (Å²) in [6, 6.07) is 9.23. The van der Waals surface area contributed by atoms with Crippen molar-refractivity contribution in [2.75, 3.05) is 12.3 Å². The van der Waals surface area contributed by atoms with Crippen LogP contribution < -0.4 is 5.73 Å². The fourth-order valence-electron chi connectivity index (χ4n) is 1.78. The minimum absolute atomic E-state index is 0.00799. The molecule has 0 aliphatic carbocycles. The van der Waals surface area contributed by atoms with Gasteiger partial charge in [0, 0.05) is 0 Å². The Morgan fingerprint density at radius 1 is 1.45 bits per heavy atom. The molecule has 0 aliphatic rings. The highest BCUT2D eigenvalue weighted by molar-refractivity contribution is 5.95. The average Bonchev–Trinajstić information content (AvgIpc) is 2.77. The normalized spacial score (nSPS) is 10.1. The largest absolute Gasteiger partial charge is 0.461 e. The van der Waals surface area contributed by atoms with E-state index in [1.165, 1.54) is 4.68 Å². The summed E-state index contributed by atoms with van der Waals surface area (Å²) in [5, 5.41) is 13.1. The van der Waals surface area contributed by atoms with Crippen molar-refractivity contribution in [2.45, 2.75) is 13.8 Å². The molecule has 0 unspecified atom stereocenters. The second kappa shape index (κ2) is 5.45. The van der Waals surface area contributed by atoms with Crippen LogP contribution >= 0.6 is 0 Å². The number of anilines is 1. The zero-order valence-electron chi connectivity index (χ0n) is 11.3. The predicted molar refractivity (Wildman–Crippen MR) is 73.4 cm³/mol. The Labute approximate surface area is 116 Å². The number of hydrogen-bond donors (Lipinski definition) is 1. The number of aromatic nitrogens is 2. The number of esters is 1. The molecule has 2 N–H and O–H groups in total. The first-order chi connectivity index (χ1) is 9.58. The summed E-state index contributed by atoms with van der Waals surface area (Å²) in [6.07, 6.45) is 0. The van der Waals surface area contributed by atoms with Crippen LogP contribution in [0, 0.1) is 18.3 Å². The highest BCUT2D eigenvalue weighted by Gasteiger charge is 2.23. The molecule has 0 atom stereocenters. The van der Waals surface area contributed by atoms with Crippen LogP contribution in [-0.4, -0.2) is 22.4 Å². The van der Waals surface area contributed by atoms with E-state index in [2.05, 4.69) is 5.10 Å². The van der Waals surface area contributed by atoms with Gasteiger partial charge in [-0.1, -0.05) is 17.7 Å². The lowest BCUT2D eigenvalue weighted by Crippen LogP contribution is -2.13. The first-order valence-electron chi connectivity index (χ1n) is 6.11. The number of rotatable bonds is 3. The molecule has 1 aromatic heterocycles. The fourth-order valence-corrected chi connectivity index (χ4v) is 1.78. The Balaban J connectivity index is 2.60. The summed E-state index contributed by atoms with van der Waals surface area (Å²) in [4.78, 5) is 12.0. The van der Waals surface area contributed by atoms with E-state index in [1.54, 1.807) is 19.1 Å². The number of benzene rings is 1. The van der Waals surface area contributed by atoms with Crippen molar-refractivity contribution in [3.63, 3.8) is 0 Å². The molecule has 1 heterocycles. The van der Waals surface area contributed by atoms with Gasteiger partial charge in [0.25, 0.3) is 0 Å². The smallest absolute Gasteiger partial charge is 0.359 e. The van der Waals surface area contributed by atoms with Crippen LogP contribution in [0.25, 0.3) is 5.69 Å². The van der Waals surface area contributed by atoms with Crippen LogP contribution in [0.15, 0.2) is 24.3 Å². The fraction of sp³-hybridized carbons (Fsp3) is 0.214. The van der Waals surface area contributed by atoms with Gasteiger partial charge in [0.2, 0.25) is 0 Å². The summed E-state index contributed by atoms with van der Waals surface area (Å²) in [5.41, 5.74) is 7.65. The molecule has 0 fully saturated rings. The molecule has 0 amide bonds. The number of hydrogen-bond acceptors (Lipinski definition) is 5. The maximum atomic E-state index is 12.0. The molecule has 0 radical (unpaired) electrons. The van der Waals surface area contributed by atoms with Gasteiger partial charge < -0.3 is 10.5 Å². The predicted octanol–water partition coefficient (Wildman–Crippen LogP) is 1.81. The third kappa shape index (κ3) is 2.34. The zero-order valence-corrected chi connectivity index (χ0v) is 11.3. The van der Waals surface area contributed by atoms with Crippen molar-refractivity contribution in [1.82, 2.24) is 9.78 Å². The molecule has 0 aliphatic heterocycles. The van der Waals surface area contributed by atoms with Crippen LogP contribution in [-0.2, 0) is 4.74 Å². The summed E-state index contributed by atoms with van der Waals surface area (Å²) >= 11 is 0. The molecule has 0 bridgehead atoms. The zero-order chi connectivity index (χ0) is 14.7. The Morgan fingerprint density at radius 2 is 2.10 bits per heavy atom. The maximum absolute atomic E-state index is 12.0. The lowest BCUT2D eigenvalue weighted by atomic mass is 10.2. The van der Waals surface area contributed by atoms with Crippen molar-refractivity contribution in [2.24, 2.45) is 0 Å². The Morgan fingerprint density at radius 3 is 2.65 bits per heavy atom. The summed E-state index contributed by atoms with van der Waals surface area (Å²) in [7, 11) is 0. The molecule has 6 nitrogen and oxygen atoms in total. The maximum Gasteiger partial charge on any atom is 0.359 e. The third-order valence-electron chi connectivity index (χ3n) is 2.78. The number of nitrogen functional groups attached to an aromatic ring is 1. The van der Waals surface area contributed by atoms with Crippen molar-refractivity contribution in [1.29, 1.82) is 5.26 Å². The Hall–Kier alpha value is -2.81. The number of nitrogens with two attached hydrogens (primary N) is 1. The highest BCUT2D eigenvalue weighted by Crippen LogP contribution is 2.22. The molecular weight excluding hydrogens is 256 g/mol. The van der Waals surface area contributed by atoms with Crippen LogP contribution in [0.2, 0.25) is 0 Å². The van der Waals surface area contributed by atoms with E-state index in [9.17, 15) is 4.79 Å². The first-order valence-corrected chi connectivity index (χ1v) is 6.11. The van der Waals surface area contributed by atoms with E-state index in [4.69, 9.17) is 15.7 Å². The summed E-state index contributed by atoms with van der Waals surface area (Å²) < 4.78 is 6.30. The van der Waals surface area contributed by atoms with Gasteiger partial charge in [-0.15, -0.1) is 0 Å². The number of carbonyl (C=O) groups is 1. The van der Waals surface area contributed by atoms with E-state index in [0.29, 0.717) is 5.69 Å². The van der Waals surface area contributed by atoms with Gasteiger partial charge in [-0.25, -0.2) is 9.48 Å².